The predicted molar refractivity (Wildman–Crippen MR) is 63.3 cm³/mol. The molecule has 0 spiro atoms. The summed E-state index contributed by atoms with van der Waals surface area (Å²) in [6.07, 6.45) is 0.992. The molecule has 16 heavy (non-hydrogen) atoms. The van der Waals surface area contributed by atoms with Crippen molar-refractivity contribution in [3.05, 3.63) is 35.9 Å². The number of nitrogens with one attached hydrogen (secondary N) is 1. The van der Waals surface area contributed by atoms with Gasteiger partial charge >= 0.3 is 0 Å². The average Bonchev–Trinajstić information content (AvgIpc) is 2.39. The number of amides is 1. The lowest BCUT2D eigenvalue weighted by atomic mass is 10.1. The lowest BCUT2D eigenvalue weighted by Gasteiger charge is -2.35. The van der Waals surface area contributed by atoms with E-state index < -0.39 is 0 Å². The molecule has 1 aromatic rings. The molecule has 3 nitrogen and oxygen atoms in total. The summed E-state index contributed by atoms with van der Waals surface area (Å²) in [4.78, 5) is 14.2. The van der Waals surface area contributed by atoms with Gasteiger partial charge < -0.3 is 10.2 Å². The molecule has 1 atom stereocenters. The molecule has 1 heterocycles. The molecule has 1 aromatic carbocycles. The fourth-order valence-corrected chi connectivity index (χ4v) is 2.07. The summed E-state index contributed by atoms with van der Waals surface area (Å²) in [6.45, 7) is 4.69. The van der Waals surface area contributed by atoms with Gasteiger partial charge in [0, 0.05) is 31.2 Å². The maximum Gasteiger partial charge on any atom is 0.254 e. The second-order valence-corrected chi connectivity index (χ2v) is 4.04. The second-order valence-electron chi connectivity index (χ2n) is 4.04. The third kappa shape index (κ3) is 2.25. The first-order valence-electron chi connectivity index (χ1n) is 5.81. The van der Waals surface area contributed by atoms with Crippen molar-refractivity contribution in [1.29, 1.82) is 0 Å². The summed E-state index contributed by atoms with van der Waals surface area (Å²) in [6, 6.07) is 10.7. The van der Waals surface area contributed by atoms with Crippen molar-refractivity contribution in [2.75, 3.05) is 19.6 Å². The van der Waals surface area contributed by atoms with E-state index in [-0.39, 0.29) is 5.91 Å². The third-order valence-electron chi connectivity index (χ3n) is 3.02. The first-order valence-corrected chi connectivity index (χ1v) is 5.81. The van der Waals surface area contributed by atoms with Crippen LogP contribution in [0, 0.1) is 6.07 Å². The molecule has 3 heteroatoms. The minimum Gasteiger partial charge on any atom is -0.333 e. The van der Waals surface area contributed by atoms with E-state index in [0.29, 0.717) is 11.6 Å². The van der Waals surface area contributed by atoms with Crippen LogP contribution in [0.4, 0.5) is 0 Å². The molecule has 0 aromatic heterocycles. The lowest BCUT2D eigenvalue weighted by molar-refractivity contribution is 0.0631. The Balaban J connectivity index is 2.14. The predicted octanol–water partition coefficient (Wildman–Crippen LogP) is 1.31. The van der Waals surface area contributed by atoms with Crippen molar-refractivity contribution >= 4 is 5.91 Å². The largest absolute Gasteiger partial charge is 0.333 e. The number of benzene rings is 1. The van der Waals surface area contributed by atoms with Gasteiger partial charge in [0.1, 0.15) is 0 Å². The molecule has 1 amide bonds. The van der Waals surface area contributed by atoms with Crippen LogP contribution in [0.3, 0.4) is 0 Å². The lowest BCUT2D eigenvalue weighted by Crippen LogP contribution is -2.53. The maximum atomic E-state index is 12.2. The Morgan fingerprint density at radius 2 is 2.50 bits per heavy atom. The molecular weight excluding hydrogens is 200 g/mol. The summed E-state index contributed by atoms with van der Waals surface area (Å²) in [5.74, 6) is 0.106. The molecule has 2 rings (SSSR count). The number of rotatable bonds is 2. The van der Waals surface area contributed by atoms with E-state index >= 15 is 0 Å². The van der Waals surface area contributed by atoms with Crippen molar-refractivity contribution in [2.45, 2.75) is 19.4 Å². The highest BCUT2D eigenvalue weighted by molar-refractivity contribution is 5.94. The molecule has 1 aliphatic rings. The Labute approximate surface area is 96.5 Å². The first kappa shape index (κ1) is 11.1. The van der Waals surface area contributed by atoms with Gasteiger partial charge in [-0.2, -0.15) is 0 Å². The molecule has 1 fully saturated rings. The van der Waals surface area contributed by atoms with Crippen molar-refractivity contribution in [3.8, 4) is 0 Å². The Morgan fingerprint density at radius 1 is 1.62 bits per heavy atom. The molecule has 0 saturated carbocycles. The number of nitrogens with zero attached hydrogens (tertiary/aromatic N) is 1. The highest BCUT2D eigenvalue weighted by atomic mass is 16.2. The van der Waals surface area contributed by atoms with Gasteiger partial charge in [-0.25, -0.2) is 0 Å². The van der Waals surface area contributed by atoms with Crippen molar-refractivity contribution in [1.82, 2.24) is 10.2 Å². The number of piperazine rings is 1. The molecule has 1 unspecified atom stereocenters. The zero-order valence-electron chi connectivity index (χ0n) is 9.57. The maximum absolute atomic E-state index is 12.2. The first-order chi connectivity index (χ1) is 7.83. The van der Waals surface area contributed by atoms with Gasteiger partial charge in [0.15, 0.2) is 0 Å². The van der Waals surface area contributed by atoms with Crippen LogP contribution in [0.2, 0.25) is 0 Å². The minimum absolute atomic E-state index is 0.106. The van der Waals surface area contributed by atoms with Crippen LogP contribution in [0.25, 0.3) is 0 Å². The highest BCUT2D eigenvalue weighted by Gasteiger charge is 2.25. The standard InChI is InChI=1S/C13H17N2O/c1-2-12-10-14-8-9-15(12)13(16)11-6-4-3-5-7-11/h3-6,12,14H,2,8-10H2,1H3. The van der Waals surface area contributed by atoms with Crippen LogP contribution in [0.1, 0.15) is 23.7 Å². The number of carbonyl (C=O) groups excluding carboxylic acids is 1. The zero-order valence-corrected chi connectivity index (χ0v) is 9.57. The van der Waals surface area contributed by atoms with Gasteiger partial charge in [0.05, 0.1) is 0 Å². The van der Waals surface area contributed by atoms with Gasteiger partial charge in [-0.05, 0) is 18.6 Å². The van der Waals surface area contributed by atoms with Crippen LogP contribution < -0.4 is 5.32 Å². The fraction of sp³-hybridized carbons (Fsp3) is 0.462. The van der Waals surface area contributed by atoms with E-state index in [2.05, 4.69) is 18.3 Å². The zero-order chi connectivity index (χ0) is 11.4. The molecule has 0 bridgehead atoms. The Hall–Kier alpha value is -1.35. The van der Waals surface area contributed by atoms with Crippen molar-refractivity contribution < 1.29 is 4.79 Å². The van der Waals surface area contributed by atoms with Crippen LogP contribution in [0.15, 0.2) is 24.3 Å². The van der Waals surface area contributed by atoms with Crippen LogP contribution >= 0.6 is 0 Å². The quantitative estimate of drug-likeness (QED) is 0.810. The summed E-state index contributed by atoms with van der Waals surface area (Å²) in [5, 5.41) is 3.32. The summed E-state index contributed by atoms with van der Waals surface area (Å²) < 4.78 is 0. The fourth-order valence-electron chi connectivity index (χ4n) is 2.07. The second kappa shape index (κ2) is 5.12. The molecule has 0 aliphatic carbocycles. The van der Waals surface area contributed by atoms with E-state index in [1.165, 1.54) is 0 Å². The Kier molecular flexibility index (Phi) is 3.57. The van der Waals surface area contributed by atoms with Gasteiger partial charge in [-0.15, -0.1) is 0 Å². The van der Waals surface area contributed by atoms with Crippen molar-refractivity contribution in [3.63, 3.8) is 0 Å². The molecule has 1 N–H and O–H groups in total. The number of carbonyl (C=O) groups is 1. The molecule has 1 aliphatic heterocycles. The van der Waals surface area contributed by atoms with E-state index in [1.54, 1.807) is 6.07 Å². The molecular formula is C13H17N2O. The van der Waals surface area contributed by atoms with Crippen LogP contribution in [0.5, 0.6) is 0 Å². The summed E-state index contributed by atoms with van der Waals surface area (Å²) in [5.41, 5.74) is 0.669. The molecule has 1 saturated heterocycles. The smallest absolute Gasteiger partial charge is 0.254 e. The van der Waals surface area contributed by atoms with E-state index in [0.717, 1.165) is 26.1 Å². The monoisotopic (exact) mass is 217 g/mol. The number of hydrogen-bond acceptors (Lipinski definition) is 2. The number of hydrogen-bond donors (Lipinski definition) is 1. The Bertz CT molecular complexity index is 350. The Morgan fingerprint density at radius 3 is 3.19 bits per heavy atom. The van der Waals surface area contributed by atoms with E-state index in [4.69, 9.17) is 0 Å². The molecule has 85 valence electrons. The van der Waals surface area contributed by atoms with Gasteiger partial charge in [0.2, 0.25) is 0 Å². The minimum atomic E-state index is 0.106. The summed E-state index contributed by atoms with van der Waals surface area (Å²) in [7, 11) is 0. The van der Waals surface area contributed by atoms with Crippen LogP contribution in [-0.2, 0) is 0 Å². The highest BCUT2D eigenvalue weighted by Crippen LogP contribution is 2.12. The third-order valence-corrected chi connectivity index (χ3v) is 3.02. The van der Waals surface area contributed by atoms with Crippen LogP contribution in [-0.4, -0.2) is 36.5 Å². The SMILES string of the molecule is CCC1CNCCN1C(=O)c1[c]cccc1. The van der Waals surface area contributed by atoms with Gasteiger partial charge in [-0.3, -0.25) is 4.79 Å². The van der Waals surface area contributed by atoms with Gasteiger partial charge in [0.25, 0.3) is 5.91 Å². The summed E-state index contributed by atoms with van der Waals surface area (Å²) >= 11 is 0. The topological polar surface area (TPSA) is 32.3 Å². The van der Waals surface area contributed by atoms with Gasteiger partial charge in [-0.1, -0.05) is 25.1 Å². The van der Waals surface area contributed by atoms with E-state index in [9.17, 15) is 4.79 Å². The van der Waals surface area contributed by atoms with E-state index in [1.807, 2.05) is 23.1 Å². The average molecular weight is 217 g/mol. The van der Waals surface area contributed by atoms with Crippen molar-refractivity contribution in [2.24, 2.45) is 0 Å². The normalized spacial score (nSPS) is 20.8. The molecule has 1 radical (unpaired) electrons.